The number of hydrogen-bond donors (Lipinski definition) is 0. The van der Waals surface area contributed by atoms with Gasteiger partial charge >= 0.3 is 0 Å². The zero-order chi connectivity index (χ0) is 11.9. The minimum Gasteiger partial charge on any atom is -0.342 e. The summed E-state index contributed by atoms with van der Waals surface area (Å²) < 4.78 is 1.77. The maximum Gasteiger partial charge on any atom is 0.289 e. The standard InChI is InChI=1S/C11H12ClN3O/c1-14(2)11(16)10-13-8-6-7(12)4-5-9(8)15(10)3/h4-6H,1-3H3. The molecular weight excluding hydrogens is 226 g/mol. The fraction of sp³-hybridized carbons (Fsp3) is 0.273. The average Bonchev–Trinajstić information content (AvgIpc) is 2.54. The number of aryl methyl sites for hydroxylation is 1. The molecule has 0 spiro atoms. The molecule has 0 fully saturated rings. The molecule has 0 saturated carbocycles. The number of hydrogen-bond acceptors (Lipinski definition) is 2. The number of aromatic nitrogens is 2. The van der Waals surface area contributed by atoms with Crippen LogP contribution in [0.15, 0.2) is 18.2 Å². The second-order valence-corrected chi connectivity index (χ2v) is 4.26. The molecule has 0 unspecified atom stereocenters. The van der Waals surface area contributed by atoms with Gasteiger partial charge in [-0.05, 0) is 18.2 Å². The lowest BCUT2D eigenvalue weighted by Gasteiger charge is -2.09. The van der Waals surface area contributed by atoms with Crippen LogP contribution in [0.5, 0.6) is 0 Å². The first kappa shape index (κ1) is 11.0. The van der Waals surface area contributed by atoms with E-state index in [9.17, 15) is 4.79 Å². The van der Waals surface area contributed by atoms with Crippen LogP contribution in [0.4, 0.5) is 0 Å². The first-order chi connectivity index (χ1) is 7.50. The molecule has 0 atom stereocenters. The van der Waals surface area contributed by atoms with Gasteiger partial charge in [0.2, 0.25) is 0 Å². The lowest BCUT2D eigenvalue weighted by molar-refractivity contribution is 0.0813. The number of nitrogens with zero attached hydrogens (tertiary/aromatic N) is 3. The van der Waals surface area contributed by atoms with Crippen LogP contribution in [-0.2, 0) is 7.05 Å². The van der Waals surface area contributed by atoms with Gasteiger partial charge in [0.15, 0.2) is 5.82 Å². The molecule has 0 aliphatic rings. The number of fused-ring (bicyclic) bond motifs is 1. The van der Waals surface area contributed by atoms with Crippen LogP contribution in [0.1, 0.15) is 10.6 Å². The minimum absolute atomic E-state index is 0.116. The lowest BCUT2D eigenvalue weighted by Crippen LogP contribution is -2.24. The highest BCUT2D eigenvalue weighted by Crippen LogP contribution is 2.19. The van der Waals surface area contributed by atoms with Gasteiger partial charge < -0.3 is 9.47 Å². The van der Waals surface area contributed by atoms with Gasteiger partial charge in [-0.2, -0.15) is 0 Å². The Labute approximate surface area is 98.4 Å². The van der Waals surface area contributed by atoms with Crippen LogP contribution in [0.2, 0.25) is 5.02 Å². The average molecular weight is 238 g/mol. The summed E-state index contributed by atoms with van der Waals surface area (Å²) in [4.78, 5) is 17.6. The number of halogens is 1. The first-order valence-electron chi connectivity index (χ1n) is 4.84. The minimum atomic E-state index is -0.116. The number of carbonyl (C=O) groups is 1. The second kappa shape index (κ2) is 3.79. The van der Waals surface area contributed by atoms with Gasteiger partial charge in [0.05, 0.1) is 11.0 Å². The zero-order valence-electron chi connectivity index (χ0n) is 9.36. The molecule has 1 amide bonds. The van der Waals surface area contributed by atoms with Gasteiger partial charge in [0.1, 0.15) is 0 Å². The number of benzene rings is 1. The van der Waals surface area contributed by atoms with Crippen molar-refractivity contribution in [3.63, 3.8) is 0 Å². The number of imidazole rings is 1. The van der Waals surface area contributed by atoms with Crippen LogP contribution >= 0.6 is 11.6 Å². The molecule has 16 heavy (non-hydrogen) atoms. The highest BCUT2D eigenvalue weighted by Gasteiger charge is 2.16. The highest BCUT2D eigenvalue weighted by atomic mass is 35.5. The van der Waals surface area contributed by atoms with Gasteiger partial charge in [0.25, 0.3) is 5.91 Å². The fourth-order valence-electron chi connectivity index (χ4n) is 1.56. The largest absolute Gasteiger partial charge is 0.342 e. The summed E-state index contributed by atoms with van der Waals surface area (Å²) in [6.07, 6.45) is 0. The maximum atomic E-state index is 11.8. The van der Waals surface area contributed by atoms with Crippen molar-refractivity contribution in [1.29, 1.82) is 0 Å². The summed E-state index contributed by atoms with van der Waals surface area (Å²) in [5.41, 5.74) is 1.63. The Balaban J connectivity index is 2.64. The Morgan fingerprint density at radius 2 is 2.12 bits per heavy atom. The Kier molecular flexibility index (Phi) is 2.59. The number of rotatable bonds is 1. The third-order valence-electron chi connectivity index (χ3n) is 2.44. The van der Waals surface area contributed by atoms with E-state index in [0.29, 0.717) is 10.8 Å². The van der Waals surface area contributed by atoms with Crippen molar-refractivity contribution in [3.05, 3.63) is 29.0 Å². The van der Waals surface area contributed by atoms with E-state index < -0.39 is 0 Å². The van der Waals surface area contributed by atoms with Crippen LogP contribution in [-0.4, -0.2) is 34.5 Å². The summed E-state index contributed by atoms with van der Waals surface area (Å²) in [6, 6.07) is 5.40. The van der Waals surface area contributed by atoms with Crippen molar-refractivity contribution in [2.75, 3.05) is 14.1 Å². The zero-order valence-corrected chi connectivity index (χ0v) is 10.1. The molecule has 0 radical (unpaired) electrons. The van der Waals surface area contributed by atoms with E-state index in [1.165, 1.54) is 4.90 Å². The summed E-state index contributed by atoms with van der Waals surface area (Å²) >= 11 is 5.88. The predicted molar refractivity (Wildman–Crippen MR) is 63.7 cm³/mol. The van der Waals surface area contributed by atoms with Crippen LogP contribution in [0.3, 0.4) is 0 Å². The van der Waals surface area contributed by atoms with Gasteiger partial charge in [-0.25, -0.2) is 4.98 Å². The van der Waals surface area contributed by atoms with E-state index in [0.717, 1.165) is 11.0 Å². The molecule has 0 bridgehead atoms. The topological polar surface area (TPSA) is 38.1 Å². The lowest BCUT2D eigenvalue weighted by atomic mass is 10.3. The highest BCUT2D eigenvalue weighted by molar-refractivity contribution is 6.31. The Hall–Kier alpha value is -1.55. The van der Waals surface area contributed by atoms with Crippen LogP contribution in [0, 0.1) is 0 Å². The summed E-state index contributed by atoms with van der Waals surface area (Å²) in [7, 11) is 5.23. The fourth-order valence-corrected chi connectivity index (χ4v) is 1.73. The molecule has 5 heteroatoms. The molecule has 1 aromatic heterocycles. The van der Waals surface area contributed by atoms with Crippen molar-refractivity contribution in [3.8, 4) is 0 Å². The normalized spacial score (nSPS) is 10.8. The molecule has 84 valence electrons. The molecule has 1 heterocycles. The van der Waals surface area contributed by atoms with Crippen molar-refractivity contribution >= 4 is 28.5 Å². The Morgan fingerprint density at radius 3 is 2.75 bits per heavy atom. The number of amides is 1. The predicted octanol–water partition coefficient (Wildman–Crippen LogP) is 1.93. The third kappa shape index (κ3) is 1.65. The van der Waals surface area contributed by atoms with Gasteiger partial charge in [-0.1, -0.05) is 11.6 Å². The van der Waals surface area contributed by atoms with E-state index in [1.54, 1.807) is 30.8 Å². The monoisotopic (exact) mass is 237 g/mol. The van der Waals surface area contributed by atoms with Gasteiger partial charge in [-0.3, -0.25) is 4.79 Å². The summed E-state index contributed by atoms with van der Waals surface area (Å²) in [5.74, 6) is 0.303. The quantitative estimate of drug-likeness (QED) is 0.760. The molecular formula is C11H12ClN3O. The molecule has 0 N–H and O–H groups in total. The van der Waals surface area contributed by atoms with Crippen LogP contribution in [0.25, 0.3) is 11.0 Å². The molecule has 4 nitrogen and oxygen atoms in total. The molecule has 2 rings (SSSR count). The smallest absolute Gasteiger partial charge is 0.289 e. The van der Waals surface area contributed by atoms with Crippen molar-refractivity contribution < 1.29 is 4.79 Å². The van der Waals surface area contributed by atoms with E-state index in [1.807, 2.05) is 13.1 Å². The number of carbonyl (C=O) groups excluding carboxylic acids is 1. The maximum absolute atomic E-state index is 11.8. The van der Waals surface area contributed by atoms with Gasteiger partial charge in [-0.15, -0.1) is 0 Å². The third-order valence-corrected chi connectivity index (χ3v) is 2.68. The molecule has 1 aromatic carbocycles. The van der Waals surface area contributed by atoms with E-state index in [-0.39, 0.29) is 5.91 Å². The molecule has 0 saturated heterocycles. The van der Waals surface area contributed by atoms with Crippen molar-refractivity contribution in [2.24, 2.45) is 7.05 Å². The van der Waals surface area contributed by atoms with Crippen LogP contribution < -0.4 is 0 Å². The van der Waals surface area contributed by atoms with Crippen molar-refractivity contribution in [1.82, 2.24) is 14.5 Å². The van der Waals surface area contributed by atoms with E-state index >= 15 is 0 Å². The Morgan fingerprint density at radius 1 is 1.44 bits per heavy atom. The summed E-state index contributed by atoms with van der Waals surface area (Å²) in [5, 5.41) is 0.620. The van der Waals surface area contributed by atoms with Gasteiger partial charge in [0, 0.05) is 26.2 Å². The second-order valence-electron chi connectivity index (χ2n) is 3.83. The van der Waals surface area contributed by atoms with E-state index in [2.05, 4.69) is 4.98 Å². The van der Waals surface area contributed by atoms with E-state index in [4.69, 9.17) is 11.6 Å². The SMILES string of the molecule is CN(C)C(=O)c1nc2cc(Cl)ccc2n1C. The first-order valence-corrected chi connectivity index (χ1v) is 5.22. The molecule has 0 aliphatic carbocycles. The molecule has 2 aromatic rings. The summed E-state index contributed by atoms with van der Waals surface area (Å²) in [6.45, 7) is 0. The van der Waals surface area contributed by atoms with Crippen molar-refractivity contribution in [2.45, 2.75) is 0 Å². The Bertz CT molecular complexity index is 560. The molecule has 0 aliphatic heterocycles.